The summed E-state index contributed by atoms with van der Waals surface area (Å²) in [4.78, 5) is 20.6. The third kappa shape index (κ3) is 4.05. The van der Waals surface area contributed by atoms with Crippen LogP contribution in [0.4, 0.5) is 5.13 Å². The highest BCUT2D eigenvalue weighted by atomic mass is 32.1. The molecule has 124 valence electrons. The second kappa shape index (κ2) is 7.05. The molecule has 8 nitrogen and oxygen atoms in total. The molecule has 23 heavy (non-hydrogen) atoms. The fraction of sp³-hybridized carbons (Fsp3) is 0.571. The highest BCUT2D eigenvalue weighted by Crippen LogP contribution is 2.14. The molecule has 3 rings (SSSR count). The van der Waals surface area contributed by atoms with Gasteiger partial charge in [-0.05, 0) is 13.3 Å². The lowest BCUT2D eigenvalue weighted by atomic mass is 10.2. The largest absolute Gasteiger partial charge is 0.375 e. The van der Waals surface area contributed by atoms with Gasteiger partial charge in [0, 0.05) is 44.5 Å². The third-order valence-electron chi connectivity index (χ3n) is 4.01. The Morgan fingerprint density at radius 1 is 1.35 bits per heavy atom. The number of hydrogen-bond acceptors (Lipinski definition) is 8. The molecule has 3 heterocycles. The number of aromatic nitrogens is 3. The first-order valence-corrected chi connectivity index (χ1v) is 8.48. The minimum Gasteiger partial charge on any atom is -0.375 e. The molecule has 0 atom stereocenters. The molecule has 9 heteroatoms. The Hall–Kier alpha value is -2.00. The molecule has 2 N–H and O–H groups in total. The van der Waals surface area contributed by atoms with Gasteiger partial charge in [-0.25, -0.2) is 9.61 Å². The molecule has 0 saturated carbocycles. The van der Waals surface area contributed by atoms with E-state index in [0.717, 1.165) is 49.8 Å². The van der Waals surface area contributed by atoms with Crippen LogP contribution in [0, 0.1) is 6.92 Å². The Kier molecular flexibility index (Phi) is 4.87. The van der Waals surface area contributed by atoms with Gasteiger partial charge in [-0.2, -0.15) is 0 Å². The predicted octanol–water partition coefficient (Wildman–Crippen LogP) is 0.694. The van der Waals surface area contributed by atoms with Crippen molar-refractivity contribution in [3.05, 3.63) is 22.5 Å². The van der Waals surface area contributed by atoms with Crippen molar-refractivity contribution in [1.82, 2.24) is 25.1 Å². The molecule has 0 aromatic carbocycles. The van der Waals surface area contributed by atoms with Crippen LogP contribution in [0.3, 0.4) is 0 Å². The lowest BCUT2D eigenvalue weighted by Crippen LogP contribution is -2.48. The molecule has 1 aliphatic heterocycles. The molecule has 1 saturated heterocycles. The molecule has 2 aromatic heterocycles. The first-order chi connectivity index (χ1) is 11.1. The summed E-state index contributed by atoms with van der Waals surface area (Å²) in [6.45, 7) is 5.75. The summed E-state index contributed by atoms with van der Waals surface area (Å²) in [6.07, 6.45) is 1.13. The number of nitrogen functional groups attached to an aromatic ring is 1. The van der Waals surface area contributed by atoms with Gasteiger partial charge >= 0.3 is 0 Å². The standard InChI is InChI=1S/C14H20N6O2S/c1-10-12(18-22-17-10)8-19-4-6-20(7-5-19)13(21)3-2-11-9-23-14(15)16-11/h9H,2-8H2,1H3,(H2,15,16). The number of nitrogens with zero attached hydrogens (tertiary/aromatic N) is 5. The van der Waals surface area contributed by atoms with E-state index in [4.69, 9.17) is 10.4 Å². The van der Waals surface area contributed by atoms with E-state index in [2.05, 4.69) is 20.2 Å². The van der Waals surface area contributed by atoms with E-state index < -0.39 is 0 Å². The molecule has 2 aromatic rings. The summed E-state index contributed by atoms with van der Waals surface area (Å²) in [5.41, 5.74) is 8.19. The quantitative estimate of drug-likeness (QED) is 0.857. The van der Waals surface area contributed by atoms with Crippen LogP contribution in [0.5, 0.6) is 0 Å². The van der Waals surface area contributed by atoms with Crippen LogP contribution in [0.25, 0.3) is 0 Å². The molecule has 0 bridgehead atoms. The lowest BCUT2D eigenvalue weighted by Gasteiger charge is -2.34. The van der Waals surface area contributed by atoms with Crippen molar-refractivity contribution >= 4 is 22.4 Å². The Morgan fingerprint density at radius 3 is 2.74 bits per heavy atom. The van der Waals surface area contributed by atoms with Crippen molar-refractivity contribution < 1.29 is 9.42 Å². The van der Waals surface area contributed by atoms with Gasteiger partial charge in [-0.15, -0.1) is 11.3 Å². The predicted molar refractivity (Wildman–Crippen MR) is 85.7 cm³/mol. The fourth-order valence-electron chi connectivity index (χ4n) is 2.59. The second-order valence-corrected chi connectivity index (χ2v) is 6.52. The first kappa shape index (κ1) is 15.9. The number of amides is 1. The number of carbonyl (C=O) groups excluding carboxylic acids is 1. The van der Waals surface area contributed by atoms with E-state index in [1.807, 2.05) is 17.2 Å². The Balaban J connectivity index is 1.43. The molecule has 0 radical (unpaired) electrons. The SMILES string of the molecule is Cc1nonc1CN1CCN(C(=O)CCc2csc(N)n2)CC1. The minimum atomic E-state index is 0.176. The molecule has 0 aliphatic carbocycles. The van der Waals surface area contributed by atoms with Gasteiger partial charge in [-0.1, -0.05) is 10.3 Å². The van der Waals surface area contributed by atoms with Gasteiger partial charge < -0.3 is 10.6 Å². The number of hydrogen-bond donors (Lipinski definition) is 1. The van der Waals surface area contributed by atoms with Gasteiger partial charge in [0.2, 0.25) is 5.91 Å². The molecule has 1 fully saturated rings. The lowest BCUT2D eigenvalue weighted by molar-refractivity contribution is -0.133. The summed E-state index contributed by atoms with van der Waals surface area (Å²) in [5, 5.41) is 10.2. The van der Waals surface area contributed by atoms with Gasteiger partial charge in [-0.3, -0.25) is 9.69 Å². The molecular formula is C14H20N6O2S. The summed E-state index contributed by atoms with van der Waals surface area (Å²) >= 11 is 1.41. The zero-order chi connectivity index (χ0) is 16.2. The maximum absolute atomic E-state index is 12.3. The second-order valence-electron chi connectivity index (χ2n) is 5.63. The van der Waals surface area contributed by atoms with Crippen LogP contribution in [-0.2, 0) is 17.8 Å². The first-order valence-electron chi connectivity index (χ1n) is 7.60. The summed E-state index contributed by atoms with van der Waals surface area (Å²) in [5.74, 6) is 0.176. The molecule has 1 aliphatic rings. The van der Waals surface area contributed by atoms with E-state index in [9.17, 15) is 4.79 Å². The van der Waals surface area contributed by atoms with Gasteiger partial charge in [0.15, 0.2) is 5.13 Å². The zero-order valence-corrected chi connectivity index (χ0v) is 13.9. The van der Waals surface area contributed by atoms with Crippen molar-refractivity contribution in [2.24, 2.45) is 0 Å². The zero-order valence-electron chi connectivity index (χ0n) is 13.1. The summed E-state index contributed by atoms with van der Waals surface area (Å²) in [6, 6.07) is 0. The third-order valence-corrected chi connectivity index (χ3v) is 4.73. The van der Waals surface area contributed by atoms with Crippen molar-refractivity contribution in [3.63, 3.8) is 0 Å². The van der Waals surface area contributed by atoms with Crippen molar-refractivity contribution in [1.29, 1.82) is 0 Å². The number of aryl methyl sites for hydroxylation is 2. The topological polar surface area (TPSA) is 101 Å². The summed E-state index contributed by atoms with van der Waals surface area (Å²) < 4.78 is 4.72. The number of rotatable bonds is 5. The van der Waals surface area contributed by atoms with Crippen molar-refractivity contribution in [3.8, 4) is 0 Å². The molecule has 0 spiro atoms. The molecule has 1 amide bonds. The monoisotopic (exact) mass is 336 g/mol. The van der Waals surface area contributed by atoms with Crippen LogP contribution in [0.15, 0.2) is 10.0 Å². The van der Waals surface area contributed by atoms with Crippen LogP contribution < -0.4 is 5.73 Å². The minimum absolute atomic E-state index is 0.176. The van der Waals surface area contributed by atoms with Crippen molar-refractivity contribution in [2.45, 2.75) is 26.3 Å². The average Bonchev–Trinajstić information content (AvgIpc) is 3.14. The van der Waals surface area contributed by atoms with Gasteiger partial charge in [0.05, 0.1) is 5.69 Å². The normalized spacial score (nSPS) is 16.0. The number of thiazole rings is 1. The van der Waals surface area contributed by atoms with Crippen LogP contribution in [0.2, 0.25) is 0 Å². The molecular weight excluding hydrogens is 316 g/mol. The smallest absolute Gasteiger partial charge is 0.223 e. The average molecular weight is 336 g/mol. The highest BCUT2D eigenvalue weighted by molar-refractivity contribution is 7.13. The van der Waals surface area contributed by atoms with E-state index in [1.54, 1.807) is 0 Å². The van der Waals surface area contributed by atoms with Crippen molar-refractivity contribution in [2.75, 3.05) is 31.9 Å². The van der Waals surface area contributed by atoms with E-state index in [0.29, 0.717) is 18.0 Å². The van der Waals surface area contributed by atoms with Gasteiger partial charge in [0.25, 0.3) is 0 Å². The Bertz CT molecular complexity index is 662. The maximum Gasteiger partial charge on any atom is 0.223 e. The Morgan fingerprint density at radius 2 is 2.13 bits per heavy atom. The van der Waals surface area contributed by atoms with Crippen LogP contribution in [-0.4, -0.2) is 57.2 Å². The maximum atomic E-state index is 12.3. The number of carbonyl (C=O) groups is 1. The van der Waals surface area contributed by atoms with E-state index >= 15 is 0 Å². The Labute approximate surface area is 138 Å². The number of piperazine rings is 1. The number of anilines is 1. The fourth-order valence-corrected chi connectivity index (χ4v) is 3.19. The summed E-state index contributed by atoms with van der Waals surface area (Å²) in [7, 11) is 0. The molecule has 0 unspecified atom stereocenters. The van der Waals surface area contributed by atoms with E-state index in [-0.39, 0.29) is 5.91 Å². The van der Waals surface area contributed by atoms with Gasteiger partial charge in [0.1, 0.15) is 11.4 Å². The van der Waals surface area contributed by atoms with Crippen LogP contribution in [0.1, 0.15) is 23.5 Å². The van der Waals surface area contributed by atoms with Crippen LogP contribution >= 0.6 is 11.3 Å². The number of nitrogens with two attached hydrogens (primary N) is 1. The van der Waals surface area contributed by atoms with E-state index in [1.165, 1.54) is 11.3 Å². The highest BCUT2D eigenvalue weighted by Gasteiger charge is 2.22.